The maximum atomic E-state index is 12.2. The van der Waals surface area contributed by atoms with Crippen LogP contribution in [0.5, 0.6) is 11.5 Å². The Morgan fingerprint density at radius 3 is 2.55 bits per heavy atom. The van der Waals surface area contributed by atoms with Gasteiger partial charge in [0.1, 0.15) is 12.2 Å². The molecule has 0 radical (unpaired) electrons. The molecule has 0 saturated heterocycles. The lowest BCUT2D eigenvalue weighted by Gasteiger charge is -2.18. The van der Waals surface area contributed by atoms with Gasteiger partial charge in [-0.05, 0) is 43.0 Å². The van der Waals surface area contributed by atoms with E-state index in [2.05, 4.69) is 57.8 Å². The summed E-state index contributed by atoms with van der Waals surface area (Å²) in [6.45, 7) is 11.1. The quantitative estimate of drug-likeness (QED) is 0.780. The predicted octanol–water partition coefficient (Wildman–Crippen LogP) is 4.51. The highest BCUT2D eigenvalue weighted by molar-refractivity contribution is 5.94. The molecule has 1 aliphatic rings. The zero-order valence-electron chi connectivity index (χ0n) is 17.9. The van der Waals surface area contributed by atoms with E-state index in [1.807, 2.05) is 36.4 Å². The van der Waals surface area contributed by atoms with Gasteiger partial charge >= 0.3 is 0 Å². The van der Waals surface area contributed by atoms with E-state index in [0.29, 0.717) is 11.3 Å². The van der Waals surface area contributed by atoms with E-state index < -0.39 is 0 Å². The minimum Gasteiger partial charge on any atom is -0.483 e. The second kappa shape index (κ2) is 8.21. The smallest absolute Gasteiger partial charge is 0.252 e. The lowest BCUT2D eigenvalue weighted by Crippen LogP contribution is -2.24. The third-order valence-corrected chi connectivity index (χ3v) is 4.83. The second-order valence-corrected chi connectivity index (χ2v) is 8.94. The van der Waals surface area contributed by atoms with Gasteiger partial charge in [-0.1, -0.05) is 56.9 Å². The van der Waals surface area contributed by atoms with Crippen LogP contribution in [0, 0.1) is 11.8 Å². The van der Waals surface area contributed by atoms with E-state index in [1.54, 1.807) is 0 Å². The largest absolute Gasteiger partial charge is 0.483 e. The summed E-state index contributed by atoms with van der Waals surface area (Å²) in [4.78, 5) is 12.2. The van der Waals surface area contributed by atoms with Crippen molar-refractivity contribution in [1.82, 2.24) is 5.32 Å². The van der Waals surface area contributed by atoms with Gasteiger partial charge in [-0.3, -0.25) is 4.79 Å². The number of ether oxygens (including phenoxy) is 2. The average molecular weight is 392 g/mol. The molecule has 1 N–H and O–H groups in total. The first-order valence-corrected chi connectivity index (χ1v) is 9.94. The topological polar surface area (TPSA) is 47.6 Å². The molecule has 1 heterocycles. The van der Waals surface area contributed by atoms with Crippen molar-refractivity contribution in [3.63, 3.8) is 0 Å². The Hall–Kier alpha value is -2.93. The summed E-state index contributed by atoms with van der Waals surface area (Å²) >= 11 is 0. The van der Waals surface area contributed by atoms with Crippen LogP contribution in [0.1, 0.15) is 56.1 Å². The Bertz CT molecular complexity index is 941. The third-order valence-electron chi connectivity index (χ3n) is 4.83. The van der Waals surface area contributed by atoms with E-state index >= 15 is 0 Å². The van der Waals surface area contributed by atoms with Crippen LogP contribution in [0.3, 0.4) is 0 Å². The van der Waals surface area contributed by atoms with Crippen LogP contribution < -0.4 is 14.8 Å². The highest BCUT2D eigenvalue weighted by atomic mass is 16.5. The van der Waals surface area contributed by atoms with Gasteiger partial charge < -0.3 is 14.8 Å². The number of para-hydroxylation sites is 1. The van der Waals surface area contributed by atoms with Gasteiger partial charge in [0.25, 0.3) is 5.91 Å². The molecule has 2 aromatic carbocycles. The molecule has 0 aromatic heterocycles. The van der Waals surface area contributed by atoms with Gasteiger partial charge in [0.2, 0.25) is 0 Å². The van der Waals surface area contributed by atoms with Crippen molar-refractivity contribution >= 4 is 5.91 Å². The van der Waals surface area contributed by atoms with Crippen LogP contribution in [0.2, 0.25) is 0 Å². The van der Waals surface area contributed by atoms with Gasteiger partial charge in [-0.15, -0.1) is 0 Å². The summed E-state index contributed by atoms with van der Waals surface area (Å²) in [5.41, 5.74) is 2.86. The Balaban J connectivity index is 1.47. The van der Waals surface area contributed by atoms with Crippen LogP contribution in [-0.4, -0.2) is 24.7 Å². The molecule has 0 bridgehead atoms. The van der Waals surface area contributed by atoms with Crippen LogP contribution in [0.25, 0.3) is 0 Å². The molecule has 4 heteroatoms. The molecule has 2 aromatic rings. The minimum atomic E-state index is -0.206. The first-order chi connectivity index (χ1) is 13.7. The summed E-state index contributed by atoms with van der Waals surface area (Å²) in [5.74, 6) is 7.26. The zero-order valence-corrected chi connectivity index (χ0v) is 17.9. The Labute approximate surface area is 173 Å². The molecule has 0 aliphatic carbocycles. The van der Waals surface area contributed by atoms with Gasteiger partial charge in [-0.25, -0.2) is 0 Å². The molecule has 0 atom stereocenters. The lowest BCUT2D eigenvalue weighted by molar-refractivity contribution is 0.0958. The first-order valence-electron chi connectivity index (χ1n) is 9.94. The molecule has 4 nitrogen and oxygen atoms in total. The Kier molecular flexibility index (Phi) is 5.88. The van der Waals surface area contributed by atoms with Crippen molar-refractivity contribution in [2.24, 2.45) is 0 Å². The van der Waals surface area contributed by atoms with Crippen LogP contribution >= 0.6 is 0 Å². The number of nitrogens with one attached hydrogen (secondary N) is 1. The maximum absolute atomic E-state index is 12.2. The maximum Gasteiger partial charge on any atom is 0.252 e. The highest BCUT2D eigenvalue weighted by Crippen LogP contribution is 2.41. The molecule has 1 aliphatic heterocycles. The fraction of sp³-hybridized carbons (Fsp3) is 0.400. The van der Waals surface area contributed by atoms with E-state index in [-0.39, 0.29) is 30.1 Å². The van der Waals surface area contributed by atoms with Crippen LogP contribution in [0.4, 0.5) is 0 Å². The van der Waals surface area contributed by atoms with Gasteiger partial charge in [0.05, 0.1) is 6.54 Å². The van der Waals surface area contributed by atoms with Crippen LogP contribution in [0.15, 0.2) is 42.5 Å². The summed E-state index contributed by atoms with van der Waals surface area (Å²) in [6, 6.07) is 13.6. The molecular formula is C25H29NO3. The molecule has 0 saturated carbocycles. The first kappa shape index (κ1) is 20.8. The number of carbonyl (C=O) groups is 1. The summed E-state index contributed by atoms with van der Waals surface area (Å²) in [7, 11) is 0. The molecule has 29 heavy (non-hydrogen) atoms. The molecule has 0 fully saturated rings. The van der Waals surface area contributed by atoms with Crippen molar-refractivity contribution in [1.29, 1.82) is 0 Å². The SMILES string of the molecule is CC1(C)Cc2cccc(OCC#CCNC(=O)c3ccc(C(C)(C)C)cc3)c2O1. The fourth-order valence-corrected chi connectivity index (χ4v) is 3.28. The van der Waals surface area contributed by atoms with E-state index in [0.717, 1.165) is 17.7 Å². The monoisotopic (exact) mass is 391 g/mol. The van der Waals surface area contributed by atoms with E-state index in [4.69, 9.17) is 9.47 Å². The highest BCUT2D eigenvalue weighted by Gasteiger charge is 2.32. The van der Waals surface area contributed by atoms with E-state index in [9.17, 15) is 4.79 Å². The van der Waals surface area contributed by atoms with Gasteiger partial charge in [-0.2, -0.15) is 0 Å². The molecule has 0 unspecified atom stereocenters. The van der Waals surface area contributed by atoms with Crippen molar-refractivity contribution in [2.45, 2.75) is 52.1 Å². The fourth-order valence-electron chi connectivity index (χ4n) is 3.28. The number of benzene rings is 2. The average Bonchev–Trinajstić information content (AvgIpc) is 2.98. The standard InChI is InChI=1S/C25H29NO3/c1-24(2,3)20-13-11-18(12-14-20)23(27)26-15-6-7-16-28-21-10-8-9-19-17-25(4,5)29-22(19)21/h8-14H,15-17H2,1-5H3,(H,26,27). The van der Waals surface area contributed by atoms with Crippen molar-refractivity contribution in [3.05, 3.63) is 59.2 Å². The molecule has 3 rings (SSSR count). The number of amides is 1. The zero-order chi connectivity index (χ0) is 21.1. The molecular weight excluding hydrogens is 362 g/mol. The minimum absolute atomic E-state index is 0.0696. The van der Waals surface area contributed by atoms with Gasteiger partial charge in [0, 0.05) is 17.5 Å². The van der Waals surface area contributed by atoms with E-state index in [1.165, 1.54) is 5.56 Å². The molecule has 152 valence electrons. The van der Waals surface area contributed by atoms with Crippen molar-refractivity contribution in [2.75, 3.05) is 13.2 Å². The number of rotatable bonds is 4. The van der Waals surface area contributed by atoms with Crippen molar-refractivity contribution < 1.29 is 14.3 Å². The summed E-state index contributed by atoms with van der Waals surface area (Å²) in [6.07, 6.45) is 0.869. The van der Waals surface area contributed by atoms with Crippen molar-refractivity contribution in [3.8, 4) is 23.3 Å². The van der Waals surface area contributed by atoms with Gasteiger partial charge in [0.15, 0.2) is 11.5 Å². The lowest BCUT2D eigenvalue weighted by atomic mass is 9.87. The Morgan fingerprint density at radius 2 is 1.86 bits per heavy atom. The third kappa shape index (κ3) is 5.32. The summed E-state index contributed by atoms with van der Waals surface area (Å²) < 4.78 is 11.8. The number of hydrogen-bond acceptors (Lipinski definition) is 3. The number of fused-ring (bicyclic) bond motifs is 1. The number of hydrogen-bond donors (Lipinski definition) is 1. The van der Waals surface area contributed by atoms with Crippen LogP contribution in [-0.2, 0) is 11.8 Å². The normalized spacial score (nSPS) is 14.2. The number of carbonyl (C=O) groups excluding carboxylic acids is 1. The predicted molar refractivity (Wildman–Crippen MR) is 116 cm³/mol. The second-order valence-electron chi connectivity index (χ2n) is 8.94. The Morgan fingerprint density at radius 1 is 1.14 bits per heavy atom. The summed E-state index contributed by atoms with van der Waals surface area (Å²) in [5, 5.41) is 2.82. The molecule has 0 spiro atoms. The molecule has 1 amide bonds.